The zero-order valence-electron chi connectivity index (χ0n) is 12.3. The van der Waals surface area contributed by atoms with Crippen LogP contribution in [-0.4, -0.2) is 30.0 Å². The van der Waals surface area contributed by atoms with E-state index in [1.807, 2.05) is 26.0 Å². The summed E-state index contributed by atoms with van der Waals surface area (Å²) in [6.45, 7) is 6.10. The molecule has 1 aromatic carbocycles. The van der Waals surface area contributed by atoms with E-state index < -0.39 is 5.60 Å². The van der Waals surface area contributed by atoms with Crippen molar-refractivity contribution < 1.29 is 14.6 Å². The van der Waals surface area contributed by atoms with Gasteiger partial charge in [0.25, 0.3) is 0 Å². The van der Waals surface area contributed by atoms with Crippen molar-refractivity contribution in [2.75, 3.05) is 7.11 Å². The first kappa shape index (κ1) is 14.4. The number of methoxy groups -OCH3 is 1. The van der Waals surface area contributed by atoms with Crippen LogP contribution in [0.3, 0.4) is 0 Å². The predicted octanol–water partition coefficient (Wildman–Crippen LogP) is 2.86. The highest BCUT2D eigenvalue weighted by atomic mass is 16.5. The van der Waals surface area contributed by atoms with Gasteiger partial charge in [-0.15, -0.1) is 0 Å². The van der Waals surface area contributed by atoms with Gasteiger partial charge in [0, 0.05) is 19.3 Å². The molecule has 1 aromatic rings. The summed E-state index contributed by atoms with van der Waals surface area (Å²) in [5, 5.41) is 10.8. The molecular formula is C16H24O3. The lowest BCUT2D eigenvalue weighted by atomic mass is 9.82. The highest BCUT2D eigenvalue weighted by Gasteiger charge is 2.37. The quantitative estimate of drug-likeness (QED) is 0.912. The molecule has 3 heteroatoms. The molecule has 1 heterocycles. The summed E-state index contributed by atoms with van der Waals surface area (Å²) in [5.41, 5.74) is 1.57. The Bertz CT molecular complexity index is 432. The first-order valence-electron chi connectivity index (χ1n) is 6.93. The summed E-state index contributed by atoms with van der Waals surface area (Å²) in [5.74, 6) is 0.853. The molecule has 2 unspecified atom stereocenters. The largest absolute Gasteiger partial charge is 0.496 e. The molecule has 1 fully saturated rings. The van der Waals surface area contributed by atoms with Crippen molar-refractivity contribution >= 4 is 0 Å². The second kappa shape index (κ2) is 5.51. The molecule has 0 saturated carbocycles. The second-order valence-corrected chi connectivity index (χ2v) is 5.88. The third-order valence-corrected chi connectivity index (χ3v) is 3.75. The van der Waals surface area contributed by atoms with Crippen molar-refractivity contribution in [3.8, 4) is 5.75 Å². The summed E-state index contributed by atoms with van der Waals surface area (Å²) in [4.78, 5) is 0. The molecule has 2 rings (SSSR count). The van der Waals surface area contributed by atoms with Crippen molar-refractivity contribution in [2.45, 2.75) is 57.8 Å². The number of aliphatic hydroxyl groups is 1. The van der Waals surface area contributed by atoms with Crippen LogP contribution in [0.2, 0.25) is 0 Å². The third-order valence-electron chi connectivity index (χ3n) is 3.75. The van der Waals surface area contributed by atoms with Crippen LogP contribution in [0.15, 0.2) is 18.2 Å². The Kier molecular flexibility index (Phi) is 4.16. The van der Waals surface area contributed by atoms with E-state index in [1.165, 1.54) is 5.56 Å². The van der Waals surface area contributed by atoms with E-state index in [9.17, 15) is 5.11 Å². The zero-order chi connectivity index (χ0) is 14.0. The number of aryl methyl sites for hydroxylation is 1. The molecule has 3 nitrogen and oxygen atoms in total. The average Bonchev–Trinajstić information content (AvgIpc) is 2.26. The molecule has 2 atom stereocenters. The maximum Gasteiger partial charge on any atom is 0.122 e. The van der Waals surface area contributed by atoms with Crippen LogP contribution in [0, 0.1) is 6.92 Å². The van der Waals surface area contributed by atoms with Gasteiger partial charge in [-0.25, -0.2) is 0 Å². The van der Waals surface area contributed by atoms with E-state index in [-0.39, 0.29) is 12.2 Å². The van der Waals surface area contributed by atoms with Gasteiger partial charge in [-0.05, 0) is 32.4 Å². The van der Waals surface area contributed by atoms with Gasteiger partial charge in [-0.2, -0.15) is 0 Å². The number of hydrogen-bond acceptors (Lipinski definition) is 3. The minimum Gasteiger partial charge on any atom is -0.496 e. The summed E-state index contributed by atoms with van der Waals surface area (Å²) in [6, 6.07) is 6.10. The van der Waals surface area contributed by atoms with Crippen molar-refractivity contribution in [1.29, 1.82) is 0 Å². The van der Waals surface area contributed by atoms with Crippen LogP contribution in [0.4, 0.5) is 0 Å². The van der Waals surface area contributed by atoms with Crippen molar-refractivity contribution in [3.05, 3.63) is 29.3 Å². The molecule has 1 aliphatic rings. The average molecular weight is 264 g/mol. The van der Waals surface area contributed by atoms with Gasteiger partial charge in [0.1, 0.15) is 5.75 Å². The molecule has 0 aliphatic carbocycles. The Morgan fingerprint density at radius 3 is 2.53 bits per heavy atom. The molecule has 1 aliphatic heterocycles. The van der Waals surface area contributed by atoms with Crippen molar-refractivity contribution in [2.24, 2.45) is 0 Å². The first-order valence-corrected chi connectivity index (χ1v) is 6.93. The van der Waals surface area contributed by atoms with E-state index in [4.69, 9.17) is 9.47 Å². The van der Waals surface area contributed by atoms with Crippen molar-refractivity contribution in [1.82, 2.24) is 0 Å². The molecule has 0 amide bonds. The number of hydrogen-bond donors (Lipinski definition) is 1. The van der Waals surface area contributed by atoms with Crippen LogP contribution >= 0.6 is 0 Å². The van der Waals surface area contributed by atoms with E-state index >= 15 is 0 Å². The summed E-state index contributed by atoms with van der Waals surface area (Å²) < 4.78 is 11.1. The molecule has 19 heavy (non-hydrogen) atoms. The maximum absolute atomic E-state index is 10.8. The first-order chi connectivity index (χ1) is 8.92. The molecule has 0 radical (unpaired) electrons. The van der Waals surface area contributed by atoms with E-state index in [2.05, 4.69) is 13.0 Å². The predicted molar refractivity (Wildman–Crippen MR) is 75.6 cm³/mol. The SMILES string of the molecule is COc1ccc(C)cc1CC1(O)CC(C)OC(C)C1. The maximum atomic E-state index is 10.8. The van der Waals surface area contributed by atoms with Gasteiger partial charge in [0.05, 0.1) is 24.9 Å². The topological polar surface area (TPSA) is 38.7 Å². The molecule has 0 bridgehead atoms. The summed E-state index contributed by atoms with van der Waals surface area (Å²) in [6.07, 6.45) is 2.17. The molecule has 1 saturated heterocycles. The van der Waals surface area contributed by atoms with Gasteiger partial charge in [-0.3, -0.25) is 0 Å². The summed E-state index contributed by atoms with van der Waals surface area (Å²) >= 11 is 0. The van der Waals surface area contributed by atoms with Gasteiger partial charge in [0.15, 0.2) is 0 Å². The molecule has 0 spiro atoms. The second-order valence-electron chi connectivity index (χ2n) is 5.88. The minimum atomic E-state index is -0.696. The number of rotatable bonds is 3. The Morgan fingerprint density at radius 2 is 1.95 bits per heavy atom. The van der Waals surface area contributed by atoms with Crippen LogP contribution in [0.5, 0.6) is 5.75 Å². The van der Waals surface area contributed by atoms with Gasteiger partial charge in [-0.1, -0.05) is 17.7 Å². The fraction of sp³-hybridized carbons (Fsp3) is 0.625. The molecule has 106 valence electrons. The Labute approximate surface area is 115 Å². The number of ether oxygens (including phenoxy) is 2. The zero-order valence-corrected chi connectivity index (χ0v) is 12.3. The number of benzene rings is 1. The normalized spacial score (nSPS) is 31.2. The highest BCUT2D eigenvalue weighted by Crippen LogP contribution is 2.34. The van der Waals surface area contributed by atoms with E-state index in [0.29, 0.717) is 19.3 Å². The van der Waals surface area contributed by atoms with Crippen LogP contribution < -0.4 is 4.74 Å². The lowest BCUT2D eigenvalue weighted by Crippen LogP contribution is -2.44. The van der Waals surface area contributed by atoms with Crippen LogP contribution in [0.25, 0.3) is 0 Å². The standard InChI is InChI=1S/C16H24O3/c1-11-5-6-15(18-4)14(7-11)10-16(17)8-12(2)19-13(3)9-16/h5-7,12-13,17H,8-10H2,1-4H3. The summed E-state index contributed by atoms with van der Waals surface area (Å²) in [7, 11) is 1.67. The fourth-order valence-corrected chi connectivity index (χ4v) is 3.19. The van der Waals surface area contributed by atoms with Crippen molar-refractivity contribution in [3.63, 3.8) is 0 Å². The van der Waals surface area contributed by atoms with Gasteiger partial charge < -0.3 is 14.6 Å². The molecular weight excluding hydrogens is 240 g/mol. The minimum absolute atomic E-state index is 0.101. The smallest absolute Gasteiger partial charge is 0.122 e. The third kappa shape index (κ3) is 3.48. The van der Waals surface area contributed by atoms with E-state index in [1.54, 1.807) is 7.11 Å². The highest BCUT2D eigenvalue weighted by molar-refractivity contribution is 5.38. The Balaban J connectivity index is 2.21. The Hall–Kier alpha value is -1.06. The van der Waals surface area contributed by atoms with Crippen LogP contribution in [0.1, 0.15) is 37.8 Å². The fourth-order valence-electron chi connectivity index (χ4n) is 3.19. The van der Waals surface area contributed by atoms with Crippen LogP contribution in [-0.2, 0) is 11.2 Å². The molecule has 1 N–H and O–H groups in total. The lowest BCUT2D eigenvalue weighted by Gasteiger charge is -2.39. The lowest BCUT2D eigenvalue weighted by molar-refractivity contribution is -0.130. The van der Waals surface area contributed by atoms with Gasteiger partial charge in [0.2, 0.25) is 0 Å². The Morgan fingerprint density at radius 1 is 1.32 bits per heavy atom. The molecule has 0 aromatic heterocycles. The van der Waals surface area contributed by atoms with E-state index in [0.717, 1.165) is 11.3 Å². The van der Waals surface area contributed by atoms with Gasteiger partial charge >= 0.3 is 0 Å². The monoisotopic (exact) mass is 264 g/mol.